The van der Waals surface area contributed by atoms with Crippen LogP contribution in [0.25, 0.3) is 0 Å². The maximum absolute atomic E-state index is 13.1. The number of aromatic nitrogens is 1. The van der Waals surface area contributed by atoms with E-state index < -0.39 is 5.82 Å². The van der Waals surface area contributed by atoms with Crippen molar-refractivity contribution in [3.05, 3.63) is 40.1 Å². The zero-order chi connectivity index (χ0) is 17.1. The largest absolute Gasteiger partial charge is 0.346 e. The van der Waals surface area contributed by atoms with E-state index in [2.05, 4.69) is 20.1 Å². The van der Waals surface area contributed by atoms with E-state index >= 15 is 0 Å². The van der Waals surface area contributed by atoms with Gasteiger partial charge in [-0.25, -0.2) is 9.37 Å². The summed E-state index contributed by atoms with van der Waals surface area (Å²) in [6, 6.07) is 4.16. The Morgan fingerprint density at radius 3 is 2.75 bits per heavy atom. The first-order valence-corrected chi connectivity index (χ1v) is 8.91. The molecule has 3 rings (SSSR count). The van der Waals surface area contributed by atoms with Crippen molar-refractivity contribution < 1.29 is 9.18 Å². The van der Waals surface area contributed by atoms with Gasteiger partial charge in [0.25, 0.3) is 0 Å². The molecule has 0 unspecified atom stereocenters. The van der Waals surface area contributed by atoms with Crippen molar-refractivity contribution in [2.45, 2.75) is 6.92 Å². The molecule has 0 bridgehead atoms. The Morgan fingerprint density at radius 2 is 2.12 bits per heavy atom. The number of benzene rings is 1. The van der Waals surface area contributed by atoms with Crippen molar-refractivity contribution in [2.75, 3.05) is 42.9 Å². The fourth-order valence-corrected chi connectivity index (χ4v) is 3.60. The summed E-state index contributed by atoms with van der Waals surface area (Å²) in [6.07, 6.45) is 0. The summed E-state index contributed by atoms with van der Waals surface area (Å²) in [5.41, 5.74) is 1.54. The van der Waals surface area contributed by atoms with Gasteiger partial charge in [-0.15, -0.1) is 11.3 Å². The highest BCUT2D eigenvalue weighted by molar-refractivity contribution is 7.13. The molecule has 2 aromatic rings. The van der Waals surface area contributed by atoms with Crippen molar-refractivity contribution in [1.82, 2.24) is 9.88 Å². The van der Waals surface area contributed by atoms with E-state index in [1.807, 2.05) is 12.3 Å². The molecule has 5 nitrogen and oxygen atoms in total. The lowest BCUT2D eigenvalue weighted by molar-refractivity contribution is -0.117. The number of rotatable bonds is 4. The molecular formula is C16H18ClFN4OS. The number of hydrogen-bond acceptors (Lipinski definition) is 5. The molecule has 0 radical (unpaired) electrons. The Labute approximate surface area is 149 Å². The van der Waals surface area contributed by atoms with Crippen LogP contribution in [-0.2, 0) is 4.79 Å². The molecule has 1 aromatic carbocycles. The van der Waals surface area contributed by atoms with Gasteiger partial charge < -0.3 is 10.2 Å². The van der Waals surface area contributed by atoms with Crippen LogP contribution < -0.4 is 10.2 Å². The molecule has 1 aliphatic heterocycles. The monoisotopic (exact) mass is 368 g/mol. The number of carbonyl (C=O) groups is 1. The summed E-state index contributed by atoms with van der Waals surface area (Å²) < 4.78 is 13.1. The van der Waals surface area contributed by atoms with Crippen LogP contribution in [0.1, 0.15) is 5.69 Å². The molecule has 0 spiro atoms. The molecule has 128 valence electrons. The summed E-state index contributed by atoms with van der Waals surface area (Å²) in [7, 11) is 0. The number of aryl methyl sites for hydroxylation is 1. The third kappa shape index (κ3) is 4.23. The maximum atomic E-state index is 13.1. The topological polar surface area (TPSA) is 48.5 Å². The van der Waals surface area contributed by atoms with E-state index in [-0.39, 0.29) is 10.9 Å². The van der Waals surface area contributed by atoms with Gasteiger partial charge in [-0.2, -0.15) is 0 Å². The fourth-order valence-electron chi connectivity index (χ4n) is 2.56. The van der Waals surface area contributed by atoms with Crippen molar-refractivity contribution in [3.63, 3.8) is 0 Å². The number of amides is 1. The van der Waals surface area contributed by atoms with E-state index in [0.717, 1.165) is 37.0 Å². The smallest absolute Gasteiger partial charge is 0.238 e. The van der Waals surface area contributed by atoms with Gasteiger partial charge in [-0.05, 0) is 25.1 Å². The third-order valence-electron chi connectivity index (χ3n) is 3.82. The van der Waals surface area contributed by atoms with E-state index in [9.17, 15) is 9.18 Å². The predicted octanol–water partition coefficient (Wildman–Crippen LogP) is 3.00. The van der Waals surface area contributed by atoms with E-state index in [1.165, 1.54) is 18.2 Å². The van der Waals surface area contributed by atoms with Gasteiger partial charge in [0, 0.05) is 37.2 Å². The van der Waals surface area contributed by atoms with Crippen LogP contribution in [0.4, 0.5) is 15.2 Å². The highest BCUT2D eigenvalue weighted by Crippen LogP contribution is 2.22. The van der Waals surface area contributed by atoms with Gasteiger partial charge in [0.1, 0.15) is 5.82 Å². The second kappa shape index (κ2) is 7.46. The fraction of sp³-hybridized carbons (Fsp3) is 0.375. The van der Waals surface area contributed by atoms with Gasteiger partial charge in [-0.3, -0.25) is 9.69 Å². The van der Waals surface area contributed by atoms with Gasteiger partial charge >= 0.3 is 0 Å². The van der Waals surface area contributed by atoms with Crippen molar-refractivity contribution in [1.29, 1.82) is 0 Å². The van der Waals surface area contributed by atoms with E-state index in [4.69, 9.17) is 11.6 Å². The number of thiazole rings is 1. The van der Waals surface area contributed by atoms with Gasteiger partial charge in [0.2, 0.25) is 5.91 Å². The normalized spacial score (nSPS) is 15.5. The molecule has 0 aliphatic carbocycles. The molecule has 1 N–H and O–H groups in total. The minimum absolute atomic E-state index is 0.000144. The minimum Gasteiger partial charge on any atom is -0.346 e. The predicted molar refractivity (Wildman–Crippen MR) is 95.5 cm³/mol. The zero-order valence-electron chi connectivity index (χ0n) is 13.3. The van der Waals surface area contributed by atoms with E-state index in [1.54, 1.807) is 11.3 Å². The molecule has 0 saturated carbocycles. The summed E-state index contributed by atoms with van der Waals surface area (Å²) in [5, 5.41) is 5.83. The number of carbonyl (C=O) groups excluding carboxylic acids is 1. The standard InChI is InChI=1S/C16H18ClFN4OS/c1-11-10-24-16(19-11)22-6-4-21(5-7-22)9-15(23)20-12-2-3-14(18)13(17)8-12/h2-3,8,10H,4-7,9H2,1H3,(H,20,23). The van der Waals surface area contributed by atoms with E-state index in [0.29, 0.717) is 12.2 Å². The molecule has 0 atom stereocenters. The summed E-state index contributed by atoms with van der Waals surface area (Å²) in [4.78, 5) is 20.9. The molecular weight excluding hydrogens is 351 g/mol. The highest BCUT2D eigenvalue weighted by Gasteiger charge is 2.20. The second-order valence-electron chi connectivity index (χ2n) is 5.71. The summed E-state index contributed by atoms with van der Waals surface area (Å²) in [5.74, 6) is -0.626. The SMILES string of the molecule is Cc1csc(N2CCN(CC(=O)Nc3ccc(F)c(Cl)c3)CC2)n1. The Morgan fingerprint density at radius 1 is 1.38 bits per heavy atom. The average Bonchev–Trinajstić information content (AvgIpc) is 2.98. The van der Waals surface area contributed by atoms with Gasteiger partial charge in [-0.1, -0.05) is 11.6 Å². The summed E-state index contributed by atoms with van der Waals surface area (Å²) in [6.45, 7) is 5.60. The van der Waals surface area contributed by atoms with Crippen molar-refractivity contribution >= 4 is 39.7 Å². The van der Waals surface area contributed by atoms with Crippen molar-refractivity contribution in [2.24, 2.45) is 0 Å². The molecule has 2 heterocycles. The Kier molecular flexibility index (Phi) is 5.33. The van der Waals surface area contributed by atoms with Crippen LogP contribution in [0, 0.1) is 12.7 Å². The quantitative estimate of drug-likeness (QED) is 0.901. The zero-order valence-corrected chi connectivity index (χ0v) is 14.8. The van der Waals surface area contributed by atoms with Crippen LogP contribution in [0.3, 0.4) is 0 Å². The van der Waals surface area contributed by atoms with Crippen LogP contribution in [0.2, 0.25) is 5.02 Å². The van der Waals surface area contributed by atoms with Gasteiger partial charge in [0.05, 0.1) is 17.3 Å². The number of nitrogens with one attached hydrogen (secondary N) is 1. The number of halogens is 2. The highest BCUT2D eigenvalue weighted by atomic mass is 35.5. The van der Waals surface area contributed by atoms with Crippen LogP contribution in [-0.4, -0.2) is 48.5 Å². The van der Waals surface area contributed by atoms with Crippen molar-refractivity contribution in [3.8, 4) is 0 Å². The van der Waals surface area contributed by atoms with Gasteiger partial charge in [0.15, 0.2) is 5.13 Å². The number of hydrogen-bond donors (Lipinski definition) is 1. The lowest BCUT2D eigenvalue weighted by Crippen LogP contribution is -2.48. The van der Waals surface area contributed by atoms with Crippen LogP contribution in [0.5, 0.6) is 0 Å². The first kappa shape index (κ1) is 17.1. The number of piperazine rings is 1. The van der Waals surface area contributed by atoms with Crippen LogP contribution in [0.15, 0.2) is 23.6 Å². The first-order chi connectivity index (χ1) is 11.5. The third-order valence-corrected chi connectivity index (χ3v) is 5.13. The molecule has 1 aliphatic rings. The first-order valence-electron chi connectivity index (χ1n) is 7.65. The lowest BCUT2D eigenvalue weighted by atomic mass is 10.3. The Balaban J connectivity index is 1.48. The molecule has 1 saturated heterocycles. The maximum Gasteiger partial charge on any atom is 0.238 e. The molecule has 24 heavy (non-hydrogen) atoms. The molecule has 1 aromatic heterocycles. The lowest BCUT2D eigenvalue weighted by Gasteiger charge is -2.34. The number of nitrogens with zero attached hydrogens (tertiary/aromatic N) is 3. The summed E-state index contributed by atoms with van der Waals surface area (Å²) >= 11 is 7.37. The average molecular weight is 369 g/mol. The molecule has 1 fully saturated rings. The Bertz CT molecular complexity index is 731. The second-order valence-corrected chi connectivity index (χ2v) is 6.96. The van der Waals surface area contributed by atoms with Crippen LogP contribution >= 0.6 is 22.9 Å². The Hall–Kier alpha value is -1.70. The number of anilines is 2. The minimum atomic E-state index is -0.497. The molecule has 1 amide bonds. The molecule has 8 heteroatoms.